The van der Waals surface area contributed by atoms with Crippen molar-refractivity contribution in [2.24, 2.45) is 0 Å². The van der Waals surface area contributed by atoms with Gasteiger partial charge < -0.3 is 15.2 Å². The predicted octanol–water partition coefficient (Wildman–Crippen LogP) is 0.469. The predicted molar refractivity (Wildman–Crippen MR) is 71.4 cm³/mol. The van der Waals surface area contributed by atoms with Gasteiger partial charge in [0.2, 0.25) is 0 Å². The lowest BCUT2D eigenvalue weighted by Gasteiger charge is -2.28. The van der Waals surface area contributed by atoms with Gasteiger partial charge in [-0.1, -0.05) is 30.3 Å². The van der Waals surface area contributed by atoms with Crippen molar-refractivity contribution in [1.29, 1.82) is 0 Å². The maximum absolute atomic E-state index is 9.89. The highest BCUT2D eigenvalue weighted by Crippen LogP contribution is 2.02. The van der Waals surface area contributed by atoms with Crippen LogP contribution in [0.15, 0.2) is 30.3 Å². The van der Waals surface area contributed by atoms with Crippen LogP contribution in [0.2, 0.25) is 0 Å². The summed E-state index contributed by atoms with van der Waals surface area (Å²) in [5.74, 6) is 0. The van der Waals surface area contributed by atoms with Crippen LogP contribution in [-0.2, 0) is 11.3 Å². The number of hydrogen-bond donors (Lipinski definition) is 2. The third-order valence-corrected chi connectivity index (χ3v) is 3.10. The molecule has 0 bridgehead atoms. The summed E-state index contributed by atoms with van der Waals surface area (Å²) < 4.78 is 5.53. The van der Waals surface area contributed by atoms with Crippen molar-refractivity contribution >= 4 is 0 Å². The Morgan fingerprint density at radius 2 is 1.94 bits per heavy atom. The lowest BCUT2D eigenvalue weighted by molar-refractivity contribution is 0.00823. The third kappa shape index (κ3) is 4.74. The Bertz CT molecular complexity index is 326. The summed E-state index contributed by atoms with van der Waals surface area (Å²) in [6.07, 6.45) is -0.396. The highest BCUT2D eigenvalue weighted by Gasteiger charge is 2.14. The van der Waals surface area contributed by atoms with Gasteiger partial charge in [0.15, 0.2) is 0 Å². The fraction of sp³-hybridized carbons (Fsp3) is 0.571. The second-order valence-corrected chi connectivity index (χ2v) is 4.71. The van der Waals surface area contributed by atoms with Crippen molar-refractivity contribution < 1.29 is 9.84 Å². The number of ether oxygens (including phenoxy) is 1. The fourth-order valence-electron chi connectivity index (χ4n) is 2.13. The molecule has 1 heterocycles. The van der Waals surface area contributed by atoms with Gasteiger partial charge in [-0.25, -0.2) is 0 Å². The first-order valence-corrected chi connectivity index (χ1v) is 6.57. The van der Waals surface area contributed by atoms with E-state index in [-0.39, 0.29) is 0 Å². The highest BCUT2D eigenvalue weighted by molar-refractivity contribution is 5.13. The van der Waals surface area contributed by atoms with Crippen LogP contribution in [0.1, 0.15) is 5.56 Å². The van der Waals surface area contributed by atoms with Gasteiger partial charge in [0, 0.05) is 32.7 Å². The van der Waals surface area contributed by atoms with E-state index in [1.807, 2.05) is 30.3 Å². The van der Waals surface area contributed by atoms with E-state index in [1.54, 1.807) is 0 Å². The summed E-state index contributed by atoms with van der Waals surface area (Å²) in [5.41, 5.74) is 1.15. The average molecular weight is 250 g/mol. The van der Waals surface area contributed by atoms with Crippen LogP contribution in [0, 0.1) is 0 Å². The van der Waals surface area contributed by atoms with Gasteiger partial charge >= 0.3 is 0 Å². The average Bonchev–Trinajstić information content (AvgIpc) is 2.41. The molecule has 100 valence electrons. The SMILES string of the molecule is O[C@H](COCc1ccccc1)CN1CCNCC1. The Morgan fingerprint density at radius 3 is 2.67 bits per heavy atom. The minimum absolute atomic E-state index is 0.396. The van der Waals surface area contributed by atoms with Crippen LogP contribution in [0.4, 0.5) is 0 Å². The molecule has 1 aromatic carbocycles. The van der Waals surface area contributed by atoms with Crippen LogP contribution in [0.5, 0.6) is 0 Å². The van der Waals surface area contributed by atoms with E-state index < -0.39 is 6.10 Å². The van der Waals surface area contributed by atoms with Gasteiger partial charge in [-0.05, 0) is 5.56 Å². The van der Waals surface area contributed by atoms with Crippen molar-refractivity contribution in [3.8, 4) is 0 Å². The molecule has 0 aliphatic carbocycles. The van der Waals surface area contributed by atoms with Gasteiger partial charge in [-0.15, -0.1) is 0 Å². The van der Waals surface area contributed by atoms with Crippen molar-refractivity contribution in [1.82, 2.24) is 10.2 Å². The van der Waals surface area contributed by atoms with E-state index in [2.05, 4.69) is 10.2 Å². The normalized spacial score (nSPS) is 18.7. The Morgan fingerprint density at radius 1 is 1.22 bits per heavy atom. The van der Waals surface area contributed by atoms with Crippen LogP contribution in [-0.4, -0.2) is 55.4 Å². The molecule has 1 aliphatic heterocycles. The van der Waals surface area contributed by atoms with Crippen molar-refractivity contribution in [3.05, 3.63) is 35.9 Å². The van der Waals surface area contributed by atoms with Gasteiger partial charge in [0.1, 0.15) is 0 Å². The maximum atomic E-state index is 9.89. The van der Waals surface area contributed by atoms with Crippen molar-refractivity contribution in [3.63, 3.8) is 0 Å². The second kappa shape index (κ2) is 7.48. The molecule has 0 amide bonds. The molecule has 0 unspecified atom stereocenters. The summed E-state index contributed by atoms with van der Waals surface area (Å²) in [6.45, 7) is 5.72. The first-order chi connectivity index (χ1) is 8.84. The lowest BCUT2D eigenvalue weighted by Crippen LogP contribution is -2.47. The maximum Gasteiger partial charge on any atom is 0.0900 e. The molecule has 0 radical (unpaired) electrons. The smallest absolute Gasteiger partial charge is 0.0900 e. The Balaban J connectivity index is 1.61. The minimum atomic E-state index is -0.396. The highest BCUT2D eigenvalue weighted by atomic mass is 16.5. The Kier molecular flexibility index (Phi) is 5.61. The molecule has 1 fully saturated rings. The van der Waals surface area contributed by atoms with E-state index in [0.29, 0.717) is 19.8 Å². The molecule has 4 nitrogen and oxygen atoms in total. The Hall–Kier alpha value is -0.940. The molecule has 0 aromatic heterocycles. The third-order valence-electron chi connectivity index (χ3n) is 3.10. The van der Waals surface area contributed by atoms with E-state index >= 15 is 0 Å². The number of piperazine rings is 1. The van der Waals surface area contributed by atoms with Crippen LogP contribution < -0.4 is 5.32 Å². The number of hydrogen-bond acceptors (Lipinski definition) is 4. The Labute approximate surface area is 109 Å². The number of nitrogens with one attached hydrogen (secondary N) is 1. The second-order valence-electron chi connectivity index (χ2n) is 4.71. The molecule has 18 heavy (non-hydrogen) atoms. The van der Waals surface area contributed by atoms with Gasteiger partial charge in [-0.3, -0.25) is 4.90 Å². The number of benzene rings is 1. The van der Waals surface area contributed by atoms with Gasteiger partial charge in [0.25, 0.3) is 0 Å². The number of nitrogens with zero attached hydrogens (tertiary/aromatic N) is 1. The number of rotatable bonds is 6. The molecule has 2 N–H and O–H groups in total. The number of aliphatic hydroxyl groups is 1. The van der Waals surface area contributed by atoms with Gasteiger partial charge in [-0.2, -0.15) is 0 Å². The number of aliphatic hydroxyl groups excluding tert-OH is 1. The topological polar surface area (TPSA) is 44.7 Å². The van der Waals surface area contributed by atoms with Crippen LogP contribution in [0.25, 0.3) is 0 Å². The first kappa shape index (κ1) is 13.5. The summed E-state index contributed by atoms with van der Waals surface area (Å²) in [7, 11) is 0. The van der Waals surface area contributed by atoms with E-state index in [0.717, 1.165) is 31.7 Å². The summed E-state index contributed by atoms with van der Waals surface area (Å²) >= 11 is 0. The zero-order chi connectivity index (χ0) is 12.6. The van der Waals surface area contributed by atoms with Crippen molar-refractivity contribution in [2.45, 2.75) is 12.7 Å². The zero-order valence-corrected chi connectivity index (χ0v) is 10.7. The molecular formula is C14H22N2O2. The fourth-order valence-corrected chi connectivity index (χ4v) is 2.13. The summed E-state index contributed by atoms with van der Waals surface area (Å²) in [4.78, 5) is 2.27. The molecule has 1 saturated heterocycles. The standard InChI is InChI=1S/C14H22N2O2/c17-14(10-16-8-6-15-7-9-16)12-18-11-13-4-2-1-3-5-13/h1-5,14-15,17H,6-12H2/t14-/m0/s1. The van der Waals surface area contributed by atoms with E-state index in [4.69, 9.17) is 4.74 Å². The molecule has 1 aromatic rings. The van der Waals surface area contributed by atoms with Crippen LogP contribution in [0.3, 0.4) is 0 Å². The van der Waals surface area contributed by atoms with E-state index in [9.17, 15) is 5.11 Å². The van der Waals surface area contributed by atoms with Crippen LogP contribution >= 0.6 is 0 Å². The number of β-amino-alcohol motifs (C(OH)–C–C–N with tert-alkyl or cyclic N) is 1. The van der Waals surface area contributed by atoms with E-state index in [1.165, 1.54) is 0 Å². The lowest BCUT2D eigenvalue weighted by atomic mass is 10.2. The largest absolute Gasteiger partial charge is 0.389 e. The molecule has 0 spiro atoms. The molecule has 1 atom stereocenters. The summed E-state index contributed by atoms with van der Waals surface area (Å²) in [5, 5.41) is 13.2. The summed E-state index contributed by atoms with van der Waals surface area (Å²) in [6, 6.07) is 10.0. The first-order valence-electron chi connectivity index (χ1n) is 6.57. The quantitative estimate of drug-likeness (QED) is 0.770. The van der Waals surface area contributed by atoms with Crippen molar-refractivity contribution in [2.75, 3.05) is 39.3 Å². The molecular weight excluding hydrogens is 228 g/mol. The molecule has 1 aliphatic rings. The molecule has 2 rings (SSSR count). The monoisotopic (exact) mass is 250 g/mol. The molecule has 4 heteroatoms. The van der Waals surface area contributed by atoms with Gasteiger partial charge in [0.05, 0.1) is 19.3 Å². The molecule has 0 saturated carbocycles. The minimum Gasteiger partial charge on any atom is -0.389 e. The zero-order valence-electron chi connectivity index (χ0n) is 10.7.